The maximum atomic E-state index is 11.2. The minimum absolute atomic E-state index is 0.250. The van der Waals surface area contributed by atoms with E-state index in [2.05, 4.69) is 211 Å². The Bertz CT molecular complexity index is 4850. The minimum Gasteiger partial charge on any atom is -0.384 e. The van der Waals surface area contributed by atoms with Gasteiger partial charge in [0, 0.05) is 200 Å². The Labute approximate surface area is 582 Å². The van der Waals surface area contributed by atoms with Gasteiger partial charge in [0.25, 0.3) is 0 Å². The zero-order valence-corrected chi connectivity index (χ0v) is 59.4. The number of allylic oxidation sites excluding steroid dienone is 1. The molecule has 4 aromatic carbocycles. The lowest BCUT2D eigenvalue weighted by atomic mass is 9.97. The van der Waals surface area contributed by atoms with Crippen LogP contribution in [0.4, 0.5) is 5.82 Å². The van der Waals surface area contributed by atoms with E-state index in [1.165, 1.54) is 122 Å². The fourth-order valence-corrected chi connectivity index (χ4v) is 15.1. The fourth-order valence-electron chi connectivity index (χ4n) is 15.1. The Morgan fingerprint density at radius 3 is 1.55 bits per heavy atom. The van der Waals surface area contributed by atoms with Crippen LogP contribution in [0.1, 0.15) is 96.6 Å². The molecule has 0 fully saturated rings. The summed E-state index contributed by atoms with van der Waals surface area (Å²) < 4.78 is 9.78. The van der Waals surface area contributed by atoms with Gasteiger partial charge in [-0.2, -0.15) is 9.59 Å². The van der Waals surface area contributed by atoms with Crippen LogP contribution in [0.25, 0.3) is 49.2 Å². The van der Waals surface area contributed by atoms with Crippen molar-refractivity contribution in [2.24, 2.45) is 0 Å². The van der Waals surface area contributed by atoms with E-state index in [1.54, 1.807) is 12.4 Å². The smallest absolute Gasteiger partial charge is 0.373 e. The quantitative estimate of drug-likeness (QED) is 0.120. The van der Waals surface area contributed by atoms with E-state index >= 15 is 0 Å². The number of aliphatic hydroxyl groups is 1. The molecule has 12 aromatic rings. The number of anilines is 1. The van der Waals surface area contributed by atoms with E-state index in [0.717, 1.165) is 127 Å². The van der Waals surface area contributed by atoms with Crippen LogP contribution in [0.2, 0.25) is 0 Å². The van der Waals surface area contributed by atoms with E-state index in [1.807, 2.05) is 81.1 Å². The van der Waals surface area contributed by atoms with Crippen molar-refractivity contribution in [2.45, 2.75) is 132 Å². The van der Waals surface area contributed by atoms with E-state index in [-0.39, 0.29) is 6.15 Å². The first-order valence-electron chi connectivity index (χ1n) is 34.8. The third-order valence-corrected chi connectivity index (χ3v) is 20.3. The average molecular weight is 1320 g/mol. The third-order valence-electron chi connectivity index (χ3n) is 20.3. The highest BCUT2D eigenvalue weighted by Crippen LogP contribution is 2.37. The zero-order valence-electron chi connectivity index (χ0n) is 59.4. The predicted octanol–water partition coefficient (Wildman–Crippen LogP) is 14.0. The summed E-state index contributed by atoms with van der Waals surface area (Å²) in [5, 5.41) is 20.2. The van der Waals surface area contributed by atoms with Crippen LogP contribution >= 0.6 is 0 Å². The molecular formula is C83H95N13O3. The van der Waals surface area contributed by atoms with Crippen LogP contribution in [0.15, 0.2) is 171 Å². The SMILES string of the molecule is C=C(Cn1c2c(c3cc(C)ccc31)CN(C)CC2)c1ccncc1.Cc1ccc2c(c1)c1c(n2CC(C)(O)c2cccnc2)CCN(C)C1.Cc1ccc2c(c1)c1c(n2CNc2ccccn2)CCN(C)C1.Cc1ccc2c3c(n(CCc4ccc(C)nc4)c2c1)CCN(C)C3.O=C=O. The Balaban J connectivity index is 0.000000124. The highest BCUT2D eigenvalue weighted by molar-refractivity contribution is 5.89. The molecule has 8 aromatic heterocycles. The van der Waals surface area contributed by atoms with Crippen LogP contribution < -0.4 is 5.32 Å². The van der Waals surface area contributed by atoms with Crippen LogP contribution in [0, 0.1) is 34.6 Å². The summed E-state index contributed by atoms with van der Waals surface area (Å²) in [4.78, 5) is 42.9. The third kappa shape index (κ3) is 15.6. The van der Waals surface area contributed by atoms with Gasteiger partial charge in [-0.15, -0.1) is 0 Å². The van der Waals surface area contributed by atoms with Crippen molar-refractivity contribution in [3.8, 4) is 0 Å². The number of aryl methyl sites for hydroxylation is 7. The second kappa shape index (κ2) is 30.6. The molecule has 1 atom stereocenters. The Kier molecular flexibility index (Phi) is 21.4. The van der Waals surface area contributed by atoms with Crippen LogP contribution in [0.3, 0.4) is 0 Å². The number of pyridine rings is 4. The van der Waals surface area contributed by atoms with Crippen molar-refractivity contribution >= 4 is 61.2 Å². The van der Waals surface area contributed by atoms with E-state index < -0.39 is 5.60 Å². The molecule has 0 radical (unpaired) electrons. The maximum Gasteiger partial charge on any atom is 0.373 e. The van der Waals surface area contributed by atoms with Crippen molar-refractivity contribution in [1.29, 1.82) is 0 Å². The summed E-state index contributed by atoms with van der Waals surface area (Å²) in [7, 11) is 8.80. The summed E-state index contributed by atoms with van der Waals surface area (Å²) in [6, 6.07) is 45.3. The molecule has 16 nitrogen and oxygen atoms in total. The maximum absolute atomic E-state index is 11.2. The highest BCUT2D eigenvalue weighted by atomic mass is 16.3. The molecule has 0 bridgehead atoms. The van der Waals surface area contributed by atoms with E-state index in [4.69, 9.17) is 9.59 Å². The number of likely N-dealkylation sites (N-methyl/N-ethyl adjacent to an activating group) is 4. The normalized spacial score (nSPS) is 15.1. The zero-order chi connectivity index (χ0) is 69.5. The second-order valence-electron chi connectivity index (χ2n) is 28.0. The second-order valence-corrected chi connectivity index (χ2v) is 28.0. The molecular weight excluding hydrogens is 1230 g/mol. The van der Waals surface area contributed by atoms with Gasteiger partial charge in [0.2, 0.25) is 0 Å². The van der Waals surface area contributed by atoms with Crippen molar-refractivity contribution in [2.75, 3.05) is 59.7 Å². The van der Waals surface area contributed by atoms with Gasteiger partial charge < -0.3 is 48.3 Å². The first-order valence-corrected chi connectivity index (χ1v) is 34.8. The molecule has 1 unspecified atom stereocenters. The largest absolute Gasteiger partial charge is 0.384 e. The lowest BCUT2D eigenvalue weighted by Gasteiger charge is -2.28. The van der Waals surface area contributed by atoms with Gasteiger partial charge in [-0.3, -0.25) is 15.0 Å². The Morgan fingerprint density at radius 1 is 0.515 bits per heavy atom. The number of aromatic nitrogens is 8. The van der Waals surface area contributed by atoms with E-state index in [9.17, 15) is 5.11 Å². The van der Waals surface area contributed by atoms with Gasteiger partial charge in [0.15, 0.2) is 0 Å². The summed E-state index contributed by atoms with van der Waals surface area (Å²) in [6.45, 7) is 28.6. The first kappa shape index (κ1) is 69.3. The molecule has 510 valence electrons. The Hall–Kier alpha value is -9.64. The molecule has 0 amide bonds. The van der Waals surface area contributed by atoms with E-state index in [0.29, 0.717) is 6.54 Å². The number of fused-ring (bicyclic) bond motifs is 12. The molecule has 4 aliphatic rings. The lowest BCUT2D eigenvalue weighted by molar-refractivity contribution is -0.191. The number of nitrogens with one attached hydrogen (secondary N) is 1. The summed E-state index contributed by atoms with van der Waals surface area (Å²) >= 11 is 0. The summed E-state index contributed by atoms with van der Waals surface area (Å²) in [5.74, 6) is 0.920. The molecule has 4 aliphatic heterocycles. The van der Waals surface area contributed by atoms with Crippen LogP contribution in [-0.4, -0.2) is 123 Å². The molecule has 2 N–H and O–H groups in total. The van der Waals surface area contributed by atoms with Crippen LogP contribution in [-0.2, 0) is 99.8 Å². The van der Waals surface area contributed by atoms with Gasteiger partial charge in [0.05, 0.1) is 18.7 Å². The molecule has 0 saturated carbocycles. The monoisotopic (exact) mass is 1320 g/mol. The van der Waals surface area contributed by atoms with Crippen molar-refractivity contribution in [3.05, 3.63) is 261 Å². The molecule has 0 spiro atoms. The molecule has 0 aliphatic carbocycles. The van der Waals surface area contributed by atoms with Crippen molar-refractivity contribution in [1.82, 2.24) is 57.8 Å². The standard InChI is InChI=1S/C21H25N3O.C21H25N3.C21H23N3.C19H22N4.CO2/c1-15-6-7-19-17(11-15)18-13-23(3)10-8-20(18)24(19)14-21(2,25)16-5-4-9-22-12-16;1-15-4-7-18-19-14-23(3)10-9-20(19)24(21(18)12-15)11-8-17-6-5-16(2)22-13-17;1-15-4-5-20-18(12-15)19-14-23(3)11-8-21(19)24(20)13-16(2)17-6-9-22-10-7-17;1-14-6-7-17-15(11-14)16-12-22(2)10-8-18(16)23(17)13-21-19-5-3-4-9-20-19;2-1-3/h4-7,9,11-12,25H,8,10,13-14H2,1-3H3;4-7,12-13H,8-11,14H2,1-3H3;4-7,9-10,12H,2,8,11,13-14H2,1,3H3;3-7,9,11H,8,10,12-13H2,1-2H3,(H,20,21);. The number of nitrogens with zero attached hydrogens (tertiary/aromatic N) is 12. The van der Waals surface area contributed by atoms with Gasteiger partial charge in [-0.1, -0.05) is 71.8 Å². The van der Waals surface area contributed by atoms with Gasteiger partial charge >= 0.3 is 6.15 Å². The summed E-state index contributed by atoms with van der Waals surface area (Å²) in [5.41, 5.74) is 26.9. The van der Waals surface area contributed by atoms with Gasteiger partial charge in [-0.25, -0.2) is 4.98 Å². The fraction of sp³-hybridized carbons (Fsp3) is 0.337. The molecule has 99 heavy (non-hydrogen) atoms. The van der Waals surface area contributed by atoms with Crippen molar-refractivity contribution < 1.29 is 14.7 Å². The minimum atomic E-state index is -0.956. The lowest BCUT2D eigenvalue weighted by Crippen LogP contribution is -2.31. The molecule has 16 heteroatoms. The van der Waals surface area contributed by atoms with Crippen LogP contribution in [0.5, 0.6) is 0 Å². The number of hydrogen-bond acceptors (Lipinski definition) is 12. The van der Waals surface area contributed by atoms with Crippen molar-refractivity contribution in [3.63, 3.8) is 0 Å². The molecule has 12 heterocycles. The number of carbonyl (C=O) groups excluding carboxylic acids is 2. The number of hydrogen-bond donors (Lipinski definition) is 2. The first-order chi connectivity index (χ1) is 47.8. The Morgan fingerprint density at radius 2 is 1.02 bits per heavy atom. The number of rotatable bonds is 12. The molecule has 16 rings (SSSR count). The van der Waals surface area contributed by atoms with Gasteiger partial charge in [-0.05, 0) is 200 Å². The number of benzene rings is 4. The molecule has 0 saturated heterocycles. The summed E-state index contributed by atoms with van der Waals surface area (Å²) in [6.07, 6.45) is 16.7. The predicted molar refractivity (Wildman–Crippen MR) is 399 cm³/mol. The highest BCUT2D eigenvalue weighted by Gasteiger charge is 2.31. The van der Waals surface area contributed by atoms with Gasteiger partial charge in [0.1, 0.15) is 11.4 Å². The average Bonchev–Trinajstić information content (AvgIpc) is 1.63. The topological polar surface area (TPSA) is 151 Å².